The van der Waals surface area contributed by atoms with Crippen molar-refractivity contribution in [2.75, 3.05) is 19.0 Å². The van der Waals surface area contributed by atoms with Crippen LogP contribution in [0.25, 0.3) is 22.6 Å². The molecule has 154 valence electrons. The highest BCUT2D eigenvalue weighted by molar-refractivity contribution is 5.94. The van der Waals surface area contributed by atoms with E-state index in [9.17, 15) is 9.18 Å². The summed E-state index contributed by atoms with van der Waals surface area (Å²) in [6.45, 7) is -0.141. The van der Waals surface area contributed by atoms with Crippen molar-refractivity contribution in [1.29, 1.82) is 0 Å². The first-order chi connectivity index (χ1) is 14.1. The first-order valence-corrected chi connectivity index (χ1v) is 8.84. The van der Waals surface area contributed by atoms with E-state index in [1.807, 2.05) is 0 Å². The van der Waals surface area contributed by atoms with Crippen molar-refractivity contribution >= 4 is 22.7 Å². The summed E-state index contributed by atoms with van der Waals surface area (Å²) in [5, 5.41) is 2.75. The van der Waals surface area contributed by atoms with Gasteiger partial charge in [-0.15, -0.1) is 0 Å². The maximum atomic E-state index is 13.4. The molecule has 0 atom stereocenters. The molecule has 0 saturated carbocycles. The van der Waals surface area contributed by atoms with Gasteiger partial charge in [-0.2, -0.15) is 0 Å². The minimum absolute atomic E-state index is 0. The smallest absolute Gasteiger partial charge is 0.262 e. The molecular formula is C22H19FN2O5. The van der Waals surface area contributed by atoms with E-state index < -0.39 is 0 Å². The van der Waals surface area contributed by atoms with Gasteiger partial charge in [0.15, 0.2) is 12.2 Å². The summed E-state index contributed by atoms with van der Waals surface area (Å²) in [6.07, 6.45) is 0. The van der Waals surface area contributed by atoms with E-state index in [1.165, 1.54) is 12.1 Å². The number of carbonyl (C=O) groups excluding carboxylic acids is 1. The Kier molecular flexibility index (Phi) is 6.29. The van der Waals surface area contributed by atoms with Crippen molar-refractivity contribution in [2.45, 2.75) is 0 Å². The number of ether oxygens (including phenoxy) is 2. The van der Waals surface area contributed by atoms with Crippen molar-refractivity contribution in [1.82, 2.24) is 4.98 Å². The molecule has 0 aliphatic carbocycles. The number of carbonyl (C=O) groups is 1. The van der Waals surface area contributed by atoms with Gasteiger partial charge in [-0.3, -0.25) is 4.79 Å². The number of rotatable bonds is 6. The molecule has 1 heterocycles. The van der Waals surface area contributed by atoms with Crippen molar-refractivity contribution in [2.24, 2.45) is 0 Å². The van der Waals surface area contributed by atoms with E-state index in [4.69, 9.17) is 13.9 Å². The van der Waals surface area contributed by atoms with Crippen LogP contribution in [0.3, 0.4) is 0 Å². The van der Waals surface area contributed by atoms with E-state index in [1.54, 1.807) is 61.7 Å². The molecule has 0 spiro atoms. The fourth-order valence-corrected chi connectivity index (χ4v) is 2.77. The summed E-state index contributed by atoms with van der Waals surface area (Å²) in [7, 11) is 1.58. The lowest BCUT2D eigenvalue weighted by Crippen LogP contribution is -2.20. The number of methoxy groups -OCH3 is 1. The largest absolute Gasteiger partial charge is 0.497 e. The topological polar surface area (TPSA) is 105 Å². The maximum absolute atomic E-state index is 13.4. The van der Waals surface area contributed by atoms with Crippen LogP contribution in [0.15, 0.2) is 71.1 Å². The molecule has 7 nitrogen and oxygen atoms in total. The van der Waals surface area contributed by atoms with Crippen molar-refractivity contribution < 1.29 is 28.6 Å². The summed E-state index contributed by atoms with van der Waals surface area (Å²) < 4.78 is 29.6. The minimum Gasteiger partial charge on any atom is -0.497 e. The standard InChI is InChI=1S/C22H17FN2O4.H2O/c1-27-17-6-8-18(9-7-17)28-13-21(26)24-16-5-10-20-19(12-16)25-22(29-20)14-3-2-4-15(23)11-14;/h2-12H,13H2,1H3,(H,24,26);1H2. The van der Waals surface area contributed by atoms with Crippen LogP contribution in [-0.2, 0) is 4.79 Å². The van der Waals surface area contributed by atoms with Gasteiger partial charge in [0.05, 0.1) is 7.11 Å². The predicted octanol–water partition coefficient (Wildman–Crippen LogP) is 3.84. The molecule has 4 aromatic rings. The van der Waals surface area contributed by atoms with Gasteiger partial charge in [-0.1, -0.05) is 6.07 Å². The number of nitrogens with zero attached hydrogens (tertiary/aromatic N) is 1. The average molecular weight is 410 g/mol. The lowest BCUT2D eigenvalue weighted by Gasteiger charge is -2.08. The van der Waals surface area contributed by atoms with Crippen LogP contribution in [0.5, 0.6) is 11.5 Å². The molecule has 0 aliphatic heterocycles. The Morgan fingerprint density at radius 3 is 2.57 bits per heavy atom. The van der Waals surface area contributed by atoms with Crippen LogP contribution in [0, 0.1) is 5.82 Å². The summed E-state index contributed by atoms with van der Waals surface area (Å²) >= 11 is 0. The quantitative estimate of drug-likeness (QED) is 0.520. The maximum Gasteiger partial charge on any atom is 0.262 e. The number of aromatic nitrogens is 1. The molecule has 30 heavy (non-hydrogen) atoms. The zero-order valence-electron chi connectivity index (χ0n) is 16.0. The minimum atomic E-state index is -0.366. The summed E-state index contributed by atoms with van der Waals surface area (Å²) in [6, 6.07) is 18.1. The van der Waals surface area contributed by atoms with Gasteiger partial charge in [0.2, 0.25) is 5.89 Å². The molecule has 0 unspecified atom stereocenters. The second kappa shape index (κ2) is 9.06. The van der Waals surface area contributed by atoms with Gasteiger partial charge in [0, 0.05) is 11.3 Å². The zero-order chi connectivity index (χ0) is 20.2. The molecule has 1 amide bonds. The van der Waals surface area contributed by atoms with Gasteiger partial charge in [-0.05, 0) is 60.7 Å². The van der Waals surface area contributed by atoms with Crippen LogP contribution >= 0.6 is 0 Å². The number of nitrogens with one attached hydrogen (secondary N) is 1. The highest BCUT2D eigenvalue weighted by atomic mass is 19.1. The highest BCUT2D eigenvalue weighted by Gasteiger charge is 2.11. The number of anilines is 1. The Morgan fingerprint density at radius 1 is 1.07 bits per heavy atom. The Morgan fingerprint density at radius 2 is 1.83 bits per heavy atom. The SMILES string of the molecule is COc1ccc(OCC(=O)Nc2ccc3oc(-c4cccc(F)c4)nc3c2)cc1.O. The number of hydrogen-bond acceptors (Lipinski definition) is 5. The number of fused-ring (bicyclic) bond motifs is 1. The monoisotopic (exact) mass is 410 g/mol. The number of hydrogen-bond donors (Lipinski definition) is 1. The van der Waals surface area contributed by atoms with E-state index in [-0.39, 0.29) is 23.8 Å². The second-order valence-electron chi connectivity index (χ2n) is 6.22. The van der Waals surface area contributed by atoms with Gasteiger partial charge >= 0.3 is 0 Å². The molecule has 0 aliphatic rings. The Hall–Kier alpha value is -3.91. The van der Waals surface area contributed by atoms with Crippen LogP contribution < -0.4 is 14.8 Å². The molecule has 1 aromatic heterocycles. The zero-order valence-corrected chi connectivity index (χ0v) is 16.0. The van der Waals surface area contributed by atoms with Gasteiger partial charge in [-0.25, -0.2) is 9.37 Å². The lowest BCUT2D eigenvalue weighted by atomic mass is 10.2. The van der Waals surface area contributed by atoms with E-state index in [0.717, 1.165) is 0 Å². The summed E-state index contributed by atoms with van der Waals surface area (Å²) in [5.41, 5.74) is 2.19. The third-order valence-electron chi connectivity index (χ3n) is 4.17. The molecular weight excluding hydrogens is 391 g/mol. The third-order valence-corrected chi connectivity index (χ3v) is 4.17. The number of oxazole rings is 1. The predicted molar refractivity (Wildman–Crippen MR) is 110 cm³/mol. The molecule has 3 N–H and O–H groups in total. The lowest BCUT2D eigenvalue weighted by molar-refractivity contribution is -0.118. The molecule has 0 radical (unpaired) electrons. The van der Waals surface area contributed by atoms with E-state index in [0.29, 0.717) is 39.7 Å². The normalized spacial score (nSPS) is 10.3. The summed E-state index contributed by atoms with van der Waals surface area (Å²) in [4.78, 5) is 16.5. The first-order valence-electron chi connectivity index (χ1n) is 8.84. The first kappa shape index (κ1) is 20.8. The number of amides is 1. The third kappa shape index (κ3) is 4.73. The highest BCUT2D eigenvalue weighted by Crippen LogP contribution is 2.26. The molecule has 8 heteroatoms. The molecule has 3 aromatic carbocycles. The Labute approximate surface area is 171 Å². The molecule has 0 bridgehead atoms. The van der Waals surface area contributed by atoms with Crippen molar-refractivity contribution in [3.05, 3.63) is 72.5 Å². The Bertz CT molecular complexity index is 1160. The van der Waals surface area contributed by atoms with Gasteiger partial charge in [0.25, 0.3) is 5.91 Å². The van der Waals surface area contributed by atoms with Crippen LogP contribution in [0.1, 0.15) is 0 Å². The fraction of sp³-hybridized carbons (Fsp3) is 0.0909. The summed E-state index contributed by atoms with van der Waals surface area (Å²) in [5.74, 6) is 0.905. The van der Waals surface area contributed by atoms with Crippen molar-refractivity contribution in [3.63, 3.8) is 0 Å². The number of benzene rings is 3. The second-order valence-corrected chi connectivity index (χ2v) is 6.22. The Balaban J connectivity index is 0.00000256. The molecule has 0 saturated heterocycles. The molecule has 4 rings (SSSR count). The van der Waals surface area contributed by atoms with Crippen molar-refractivity contribution in [3.8, 4) is 23.0 Å². The van der Waals surface area contributed by atoms with Crippen LogP contribution in [-0.4, -0.2) is 30.1 Å². The van der Waals surface area contributed by atoms with Crippen LogP contribution in [0.4, 0.5) is 10.1 Å². The average Bonchev–Trinajstić information content (AvgIpc) is 3.16. The fourth-order valence-electron chi connectivity index (χ4n) is 2.77. The van der Waals surface area contributed by atoms with E-state index in [2.05, 4.69) is 10.3 Å². The van der Waals surface area contributed by atoms with Crippen LogP contribution in [0.2, 0.25) is 0 Å². The van der Waals surface area contributed by atoms with Gasteiger partial charge < -0.3 is 24.7 Å². The molecule has 0 fully saturated rings. The van der Waals surface area contributed by atoms with E-state index >= 15 is 0 Å². The number of halogens is 1. The van der Waals surface area contributed by atoms with Gasteiger partial charge in [0.1, 0.15) is 22.8 Å².